The maximum Gasteiger partial charge on any atom is 0.412 e. The van der Waals surface area contributed by atoms with E-state index in [9.17, 15) is 15.0 Å². The van der Waals surface area contributed by atoms with Crippen molar-refractivity contribution < 1.29 is 19.7 Å². The SMILES string of the molecule is Cc1ccc(NC(=O)O[C@@H](c2cc(Br)ccc2O)[C@@H](C)CCO)cc1. The van der Waals surface area contributed by atoms with Crippen LogP contribution in [-0.2, 0) is 4.74 Å². The third-order valence-corrected chi connectivity index (χ3v) is 4.42. The molecule has 0 saturated carbocycles. The van der Waals surface area contributed by atoms with Gasteiger partial charge in [-0.25, -0.2) is 4.79 Å². The Morgan fingerprint density at radius 1 is 1.24 bits per heavy atom. The molecule has 0 spiro atoms. The lowest BCUT2D eigenvalue weighted by Gasteiger charge is -2.25. The van der Waals surface area contributed by atoms with Crippen LogP contribution in [0.2, 0.25) is 0 Å². The standard InChI is InChI=1S/C19H22BrNO4/c1-12-3-6-15(7-4-12)21-19(24)25-18(13(2)9-10-22)16-11-14(20)5-8-17(16)23/h3-8,11,13,18,22-23H,9-10H2,1-2H3,(H,21,24)/t13-,18+/m0/s1. The number of phenols is 1. The number of aliphatic hydroxyl groups excluding tert-OH is 1. The molecule has 134 valence electrons. The molecule has 0 saturated heterocycles. The van der Waals surface area contributed by atoms with Crippen LogP contribution in [0.1, 0.15) is 30.6 Å². The van der Waals surface area contributed by atoms with Crippen molar-refractivity contribution in [1.29, 1.82) is 0 Å². The third-order valence-electron chi connectivity index (χ3n) is 3.93. The summed E-state index contributed by atoms with van der Waals surface area (Å²) in [6, 6.07) is 12.3. The first-order valence-corrected chi connectivity index (χ1v) is 8.83. The fraction of sp³-hybridized carbons (Fsp3) is 0.316. The van der Waals surface area contributed by atoms with E-state index in [4.69, 9.17) is 4.74 Å². The number of aryl methyl sites for hydroxylation is 1. The van der Waals surface area contributed by atoms with Gasteiger partial charge in [-0.15, -0.1) is 0 Å². The zero-order valence-corrected chi connectivity index (χ0v) is 15.8. The van der Waals surface area contributed by atoms with E-state index in [1.165, 1.54) is 0 Å². The van der Waals surface area contributed by atoms with Crippen LogP contribution in [0.4, 0.5) is 10.5 Å². The number of phenolic OH excluding ortho intramolecular Hbond substituents is 1. The van der Waals surface area contributed by atoms with Gasteiger partial charge in [0.25, 0.3) is 0 Å². The molecule has 0 aliphatic heterocycles. The van der Waals surface area contributed by atoms with Gasteiger partial charge in [-0.1, -0.05) is 40.5 Å². The van der Waals surface area contributed by atoms with Crippen LogP contribution in [0, 0.1) is 12.8 Å². The molecule has 2 aromatic carbocycles. The van der Waals surface area contributed by atoms with Crippen molar-refractivity contribution in [1.82, 2.24) is 0 Å². The fourth-order valence-corrected chi connectivity index (χ4v) is 2.87. The lowest BCUT2D eigenvalue weighted by atomic mass is 9.94. The summed E-state index contributed by atoms with van der Waals surface area (Å²) in [6.45, 7) is 3.79. The number of ether oxygens (including phenoxy) is 1. The van der Waals surface area contributed by atoms with Crippen LogP contribution in [-0.4, -0.2) is 22.9 Å². The molecule has 5 nitrogen and oxygen atoms in total. The highest BCUT2D eigenvalue weighted by Gasteiger charge is 2.26. The Labute approximate surface area is 155 Å². The van der Waals surface area contributed by atoms with Gasteiger partial charge in [0.15, 0.2) is 0 Å². The molecule has 0 unspecified atom stereocenters. The minimum absolute atomic E-state index is 0.0324. The molecule has 0 fully saturated rings. The number of nitrogens with one attached hydrogen (secondary N) is 1. The zero-order valence-electron chi connectivity index (χ0n) is 14.2. The molecular weight excluding hydrogens is 386 g/mol. The minimum atomic E-state index is -0.685. The van der Waals surface area contributed by atoms with Crippen LogP contribution < -0.4 is 5.32 Å². The number of benzene rings is 2. The van der Waals surface area contributed by atoms with Crippen LogP contribution in [0.3, 0.4) is 0 Å². The second kappa shape index (κ2) is 8.87. The summed E-state index contributed by atoms with van der Waals surface area (Å²) in [6.07, 6.45) is -0.859. The number of carbonyl (C=O) groups excluding carboxylic acids is 1. The topological polar surface area (TPSA) is 78.8 Å². The number of aromatic hydroxyl groups is 1. The van der Waals surface area contributed by atoms with Crippen molar-refractivity contribution in [3.63, 3.8) is 0 Å². The molecule has 3 N–H and O–H groups in total. The summed E-state index contributed by atoms with van der Waals surface area (Å²) >= 11 is 3.36. The van der Waals surface area contributed by atoms with Gasteiger partial charge in [0.2, 0.25) is 0 Å². The lowest BCUT2D eigenvalue weighted by molar-refractivity contribution is 0.0652. The van der Waals surface area contributed by atoms with Crippen molar-refractivity contribution in [3.05, 3.63) is 58.1 Å². The smallest absolute Gasteiger partial charge is 0.412 e. The van der Waals surface area contributed by atoms with Crippen molar-refractivity contribution in [3.8, 4) is 5.75 Å². The number of aliphatic hydroxyl groups is 1. The second-order valence-electron chi connectivity index (χ2n) is 6.01. The average molecular weight is 408 g/mol. The molecule has 0 aromatic heterocycles. The monoisotopic (exact) mass is 407 g/mol. The summed E-state index contributed by atoms with van der Waals surface area (Å²) in [5, 5.41) is 22.1. The highest BCUT2D eigenvalue weighted by Crippen LogP contribution is 2.36. The van der Waals surface area contributed by atoms with Crippen LogP contribution >= 0.6 is 15.9 Å². The van der Waals surface area contributed by atoms with Crippen molar-refractivity contribution in [2.75, 3.05) is 11.9 Å². The predicted molar refractivity (Wildman–Crippen MR) is 101 cm³/mol. The van der Waals surface area contributed by atoms with E-state index < -0.39 is 12.2 Å². The summed E-state index contributed by atoms with van der Waals surface area (Å²) in [5.41, 5.74) is 2.21. The fourth-order valence-electron chi connectivity index (χ4n) is 2.49. The van der Waals surface area contributed by atoms with Crippen LogP contribution in [0.25, 0.3) is 0 Å². The van der Waals surface area contributed by atoms with Crippen molar-refractivity contribution >= 4 is 27.7 Å². The first-order valence-electron chi connectivity index (χ1n) is 8.04. The Morgan fingerprint density at radius 2 is 1.92 bits per heavy atom. The number of halogens is 1. The maximum absolute atomic E-state index is 12.3. The molecule has 6 heteroatoms. The molecule has 0 aliphatic carbocycles. The number of carbonyl (C=O) groups is 1. The molecule has 25 heavy (non-hydrogen) atoms. The van der Waals surface area contributed by atoms with Gasteiger partial charge in [-0.3, -0.25) is 5.32 Å². The van der Waals surface area contributed by atoms with Gasteiger partial charge in [0.05, 0.1) is 0 Å². The molecule has 2 rings (SSSR count). The number of hydrogen-bond donors (Lipinski definition) is 3. The summed E-state index contributed by atoms with van der Waals surface area (Å²) in [5.74, 6) is -0.130. The molecule has 0 bridgehead atoms. The molecule has 2 aromatic rings. The highest BCUT2D eigenvalue weighted by molar-refractivity contribution is 9.10. The van der Waals surface area contributed by atoms with E-state index >= 15 is 0 Å². The van der Waals surface area contributed by atoms with Gasteiger partial charge in [0, 0.05) is 22.3 Å². The van der Waals surface area contributed by atoms with Crippen LogP contribution in [0.5, 0.6) is 5.75 Å². The number of anilines is 1. The van der Waals surface area contributed by atoms with Crippen molar-refractivity contribution in [2.24, 2.45) is 5.92 Å². The predicted octanol–water partition coefficient (Wildman–Crippen LogP) is 4.77. The zero-order chi connectivity index (χ0) is 18.4. The number of amides is 1. The lowest BCUT2D eigenvalue weighted by Crippen LogP contribution is -2.22. The third kappa shape index (κ3) is 5.47. The largest absolute Gasteiger partial charge is 0.508 e. The molecule has 1 amide bonds. The minimum Gasteiger partial charge on any atom is -0.508 e. The summed E-state index contributed by atoms with van der Waals surface area (Å²) in [4.78, 5) is 12.3. The first kappa shape index (κ1) is 19.3. The van der Waals surface area contributed by atoms with Crippen LogP contribution in [0.15, 0.2) is 46.9 Å². The summed E-state index contributed by atoms with van der Waals surface area (Å²) in [7, 11) is 0. The molecule has 0 radical (unpaired) electrons. The van der Waals surface area contributed by atoms with E-state index in [1.54, 1.807) is 30.3 Å². The average Bonchev–Trinajstić information content (AvgIpc) is 2.57. The highest BCUT2D eigenvalue weighted by atomic mass is 79.9. The van der Waals surface area contributed by atoms with E-state index in [1.807, 2.05) is 26.0 Å². The molecule has 0 heterocycles. The van der Waals surface area contributed by atoms with Gasteiger partial charge in [0.1, 0.15) is 11.9 Å². The van der Waals surface area contributed by atoms with E-state index in [2.05, 4.69) is 21.2 Å². The Hall–Kier alpha value is -2.05. The number of hydrogen-bond acceptors (Lipinski definition) is 4. The van der Waals surface area contributed by atoms with E-state index in [0.717, 1.165) is 10.0 Å². The normalized spacial score (nSPS) is 13.1. The van der Waals surface area contributed by atoms with Crippen molar-refractivity contribution in [2.45, 2.75) is 26.4 Å². The second-order valence-corrected chi connectivity index (χ2v) is 6.93. The van der Waals surface area contributed by atoms with Gasteiger partial charge >= 0.3 is 6.09 Å². The molecular formula is C19H22BrNO4. The van der Waals surface area contributed by atoms with E-state index in [0.29, 0.717) is 17.7 Å². The Balaban J connectivity index is 2.19. The Morgan fingerprint density at radius 3 is 2.56 bits per heavy atom. The number of rotatable bonds is 6. The molecule has 2 atom stereocenters. The summed E-state index contributed by atoms with van der Waals surface area (Å²) < 4.78 is 6.35. The maximum atomic E-state index is 12.3. The van der Waals surface area contributed by atoms with Gasteiger partial charge < -0.3 is 14.9 Å². The van der Waals surface area contributed by atoms with Gasteiger partial charge in [-0.2, -0.15) is 0 Å². The quantitative estimate of drug-likeness (QED) is 0.643. The molecule has 0 aliphatic rings. The Kier molecular flexibility index (Phi) is 6.84. The van der Waals surface area contributed by atoms with Gasteiger partial charge in [-0.05, 0) is 49.6 Å². The first-order chi connectivity index (χ1) is 11.9. The van der Waals surface area contributed by atoms with E-state index in [-0.39, 0.29) is 18.3 Å². The Bertz CT molecular complexity index is 718.